The predicted molar refractivity (Wildman–Crippen MR) is 73.2 cm³/mol. The second kappa shape index (κ2) is 6.19. The summed E-state index contributed by atoms with van der Waals surface area (Å²) in [6, 6.07) is 0. The zero-order valence-corrected chi connectivity index (χ0v) is 12.3. The van der Waals surface area contributed by atoms with E-state index in [-0.39, 0.29) is 5.91 Å². The van der Waals surface area contributed by atoms with Crippen LogP contribution in [-0.4, -0.2) is 69.1 Å². The zero-order chi connectivity index (χ0) is 13.9. The van der Waals surface area contributed by atoms with E-state index >= 15 is 0 Å². The molecule has 0 saturated carbocycles. The number of carbonyl (C=O) groups is 1. The fourth-order valence-electron chi connectivity index (χ4n) is 2.72. The molecule has 0 aliphatic carbocycles. The first-order chi connectivity index (χ1) is 8.97. The summed E-state index contributed by atoms with van der Waals surface area (Å²) in [6.07, 6.45) is 3.91. The van der Waals surface area contributed by atoms with Crippen molar-refractivity contribution >= 4 is 15.9 Å². The van der Waals surface area contributed by atoms with Gasteiger partial charge in [-0.3, -0.25) is 4.79 Å². The maximum atomic E-state index is 12.0. The van der Waals surface area contributed by atoms with Crippen molar-refractivity contribution in [3.05, 3.63) is 0 Å². The lowest BCUT2D eigenvalue weighted by Gasteiger charge is -2.33. The van der Waals surface area contributed by atoms with Crippen molar-refractivity contribution in [3.8, 4) is 0 Å². The van der Waals surface area contributed by atoms with Gasteiger partial charge in [0, 0.05) is 32.6 Å². The Hall–Kier alpha value is -0.660. The van der Waals surface area contributed by atoms with E-state index in [9.17, 15) is 13.2 Å². The Morgan fingerprint density at radius 3 is 2.47 bits per heavy atom. The molecule has 2 fully saturated rings. The molecule has 6 nitrogen and oxygen atoms in total. The maximum Gasteiger partial charge on any atom is 0.222 e. The second-order valence-corrected chi connectivity index (χ2v) is 7.42. The van der Waals surface area contributed by atoms with E-state index in [1.807, 2.05) is 0 Å². The molecule has 0 spiro atoms. The minimum Gasteiger partial charge on any atom is -0.340 e. The Morgan fingerprint density at radius 1 is 1.26 bits per heavy atom. The van der Waals surface area contributed by atoms with Crippen LogP contribution in [0.2, 0.25) is 0 Å². The fourth-order valence-corrected chi connectivity index (χ4v) is 3.54. The molecule has 110 valence electrons. The van der Waals surface area contributed by atoms with Crippen LogP contribution in [0.5, 0.6) is 0 Å². The van der Waals surface area contributed by atoms with Crippen LogP contribution in [0.1, 0.15) is 19.3 Å². The molecule has 2 rings (SSSR count). The predicted octanol–water partition coefficient (Wildman–Crippen LogP) is -0.520. The lowest BCUT2D eigenvalue weighted by atomic mass is 10.0. The van der Waals surface area contributed by atoms with Crippen molar-refractivity contribution < 1.29 is 13.2 Å². The molecule has 0 radical (unpaired) electrons. The number of nitrogens with zero attached hydrogens (tertiary/aromatic N) is 2. The van der Waals surface area contributed by atoms with E-state index in [2.05, 4.69) is 5.32 Å². The molecule has 0 aromatic carbocycles. The summed E-state index contributed by atoms with van der Waals surface area (Å²) in [4.78, 5) is 13.8. The second-order valence-electron chi connectivity index (χ2n) is 5.44. The van der Waals surface area contributed by atoms with Gasteiger partial charge >= 0.3 is 0 Å². The molecule has 1 unspecified atom stereocenters. The highest BCUT2D eigenvalue weighted by Gasteiger charge is 2.26. The van der Waals surface area contributed by atoms with Crippen molar-refractivity contribution in [1.29, 1.82) is 0 Å². The number of piperazine rings is 1. The van der Waals surface area contributed by atoms with Gasteiger partial charge in [0.15, 0.2) is 0 Å². The molecule has 7 heteroatoms. The largest absolute Gasteiger partial charge is 0.340 e. The lowest BCUT2D eigenvalue weighted by Crippen LogP contribution is -2.50. The van der Waals surface area contributed by atoms with E-state index in [4.69, 9.17) is 0 Å². The molecule has 19 heavy (non-hydrogen) atoms. The van der Waals surface area contributed by atoms with Gasteiger partial charge in [-0.2, -0.15) is 4.31 Å². The van der Waals surface area contributed by atoms with Crippen molar-refractivity contribution in [3.63, 3.8) is 0 Å². The van der Waals surface area contributed by atoms with Crippen molar-refractivity contribution in [2.75, 3.05) is 45.5 Å². The van der Waals surface area contributed by atoms with Gasteiger partial charge in [0.25, 0.3) is 0 Å². The van der Waals surface area contributed by atoms with Gasteiger partial charge in [-0.25, -0.2) is 8.42 Å². The molecule has 2 saturated heterocycles. The summed E-state index contributed by atoms with van der Waals surface area (Å²) in [6.45, 7) is 3.98. The summed E-state index contributed by atoms with van der Waals surface area (Å²) in [5, 5.41) is 3.30. The molecule has 1 atom stereocenters. The summed E-state index contributed by atoms with van der Waals surface area (Å²) in [5.41, 5.74) is 0. The van der Waals surface area contributed by atoms with Crippen LogP contribution in [0, 0.1) is 5.92 Å². The topological polar surface area (TPSA) is 69.7 Å². The van der Waals surface area contributed by atoms with Crippen LogP contribution in [0.4, 0.5) is 0 Å². The van der Waals surface area contributed by atoms with Crippen LogP contribution in [0.3, 0.4) is 0 Å². The van der Waals surface area contributed by atoms with Gasteiger partial charge in [-0.15, -0.1) is 0 Å². The van der Waals surface area contributed by atoms with Gasteiger partial charge in [0.2, 0.25) is 15.9 Å². The first kappa shape index (κ1) is 14.7. The SMILES string of the molecule is CS(=O)(=O)N1CCN(C(=O)CCC2CCNC2)CC1. The molecule has 2 heterocycles. The van der Waals surface area contributed by atoms with Crippen molar-refractivity contribution in [2.24, 2.45) is 5.92 Å². The third-order valence-electron chi connectivity index (χ3n) is 3.99. The summed E-state index contributed by atoms with van der Waals surface area (Å²) < 4.78 is 24.2. The average Bonchev–Trinajstić information content (AvgIpc) is 2.88. The molecular weight excluding hydrogens is 266 g/mol. The number of amides is 1. The van der Waals surface area contributed by atoms with Crippen molar-refractivity contribution in [1.82, 2.24) is 14.5 Å². The highest BCUT2D eigenvalue weighted by atomic mass is 32.2. The normalized spacial score (nSPS) is 25.7. The van der Waals surface area contributed by atoms with E-state index < -0.39 is 10.0 Å². The van der Waals surface area contributed by atoms with E-state index in [1.54, 1.807) is 4.90 Å². The number of hydrogen-bond donors (Lipinski definition) is 1. The van der Waals surface area contributed by atoms with Gasteiger partial charge in [-0.05, 0) is 31.8 Å². The number of sulfonamides is 1. The Morgan fingerprint density at radius 2 is 1.95 bits per heavy atom. The molecule has 0 aromatic heterocycles. The van der Waals surface area contributed by atoms with E-state index in [0.717, 1.165) is 25.9 Å². The molecule has 2 aliphatic rings. The molecule has 0 aromatic rings. The summed E-state index contributed by atoms with van der Waals surface area (Å²) in [7, 11) is -3.11. The Balaban J connectivity index is 1.73. The number of rotatable bonds is 4. The van der Waals surface area contributed by atoms with E-state index in [0.29, 0.717) is 38.5 Å². The van der Waals surface area contributed by atoms with E-state index in [1.165, 1.54) is 10.6 Å². The standard InChI is InChI=1S/C12H23N3O3S/c1-19(17,18)15-8-6-14(7-9-15)12(16)3-2-11-4-5-13-10-11/h11,13H,2-10H2,1H3. The van der Waals surface area contributed by atoms with Gasteiger partial charge in [-0.1, -0.05) is 0 Å². The molecule has 1 amide bonds. The van der Waals surface area contributed by atoms with Gasteiger partial charge in [0.05, 0.1) is 6.26 Å². The third-order valence-corrected chi connectivity index (χ3v) is 5.29. The van der Waals surface area contributed by atoms with Gasteiger partial charge < -0.3 is 10.2 Å². The van der Waals surface area contributed by atoms with Crippen LogP contribution < -0.4 is 5.32 Å². The Kier molecular flexibility index (Phi) is 4.81. The molecular formula is C12H23N3O3S. The summed E-state index contributed by atoms with van der Waals surface area (Å²) in [5.74, 6) is 0.793. The number of carbonyl (C=O) groups excluding carboxylic acids is 1. The summed E-state index contributed by atoms with van der Waals surface area (Å²) >= 11 is 0. The monoisotopic (exact) mass is 289 g/mol. The van der Waals surface area contributed by atoms with Crippen LogP contribution >= 0.6 is 0 Å². The number of nitrogens with one attached hydrogen (secondary N) is 1. The van der Waals surface area contributed by atoms with Gasteiger partial charge in [0.1, 0.15) is 0 Å². The minimum absolute atomic E-state index is 0.167. The molecule has 0 bridgehead atoms. The quantitative estimate of drug-likeness (QED) is 0.756. The highest BCUT2D eigenvalue weighted by molar-refractivity contribution is 7.88. The highest BCUT2D eigenvalue weighted by Crippen LogP contribution is 2.16. The lowest BCUT2D eigenvalue weighted by molar-refractivity contribution is -0.132. The minimum atomic E-state index is -3.11. The van der Waals surface area contributed by atoms with Crippen LogP contribution in [0.25, 0.3) is 0 Å². The molecule has 1 N–H and O–H groups in total. The molecule has 2 aliphatic heterocycles. The van der Waals surface area contributed by atoms with Crippen LogP contribution in [-0.2, 0) is 14.8 Å². The Labute approximate surface area is 115 Å². The fraction of sp³-hybridized carbons (Fsp3) is 0.917. The average molecular weight is 289 g/mol. The number of hydrogen-bond acceptors (Lipinski definition) is 4. The van der Waals surface area contributed by atoms with Crippen LogP contribution in [0.15, 0.2) is 0 Å². The zero-order valence-electron chi connectivity index (χ0n) is 11.5. The van der Waals surface area contributed by atoms with Crippen molar-refractivity contribution in [2.45, 2.75) is 19.3 Å². The maximum absolute atomic E-state index is 12.0. The first-order valence-corrected chi connectivity index (χ1v) is 8.75. The smallest absolute Gasteiger partial charge is 0.222 e. The first-order valence-electron chi connectivity index (χ1n) is 6.90. The third kappa shape index (κ3) is 4.15. The Bertz CT molecular complexity index is 410.